The van der Waals surface area contributed by atoms with Crippen LogP contribution in [0.1, 0.15) is 0 Å². The number of para-hydroxylation sites is 2. The number of benzene rings is 2. The average molecular weight is 325 g/mol. The molecule has 0 amide bonds. The quantitative estimate of drug-likeness (QED) is 0.382. The number of rotatable bonds is 4. The van der Waals surface area contributed by atoms with E-state index >= 15 is 0 Å². The van der Waals surface area contributed by atoms with Crippen LogP contribution in [0.15, 0.2) is 48.5 Å². The second kappa shape index (κ2) is 6.31. The third kappa shape index (κ3) is 3.21. The third-order valence-electron chi connectivity index (χ3n) is 2.99. The molecule has 0 aliphatic carbocycles. The van der Waals surface area contributed by atoms with E-state index < -0.39 is 11.1 Å². The number of hydrogen-bond acceptors (Lipinski definition) is 6. The molecule has 0 saturated carbocycles. The van der Waals surface area contributed by atoms with Crippen LogP contribution in [0.2, 0.25) is 0 Å². The molecule has 0 radical (unpaired) electrons. The molecule has 1 atom stereocenters. The van der Waals surface area contributed by atoms with Crippen LogP contribution in [0.3, 0.4) is 0 Å². The van der Waals surface area contributed by atoms with Crippen molar-refractivity contribution in [2.75, 3.05) is 10.6 Å². The lowest BCUT2D eigenvalue weighted by molar-refractivity contribution is 0.481. The molecule has 1 aromatic heterocycles. The Bertz CT molecular complexity index is 873. The highest BCUT2D eigenvalue weighted by Gasteiger charge is 2.18. The first kappa shape index (κ1) is 14.8. The fraction of sp³-hybridized carbons (Fsp3) is 0. The van der Waals surface area contributed by atoms with Crippen molar-refractivity contribution in [3.8, 4) is 5.75 Å². The first-order valence-electron chi connectivity index (χ1n) is 6.55. The fourth-order valence-electron chi connectivity index (χ4n) is 1.94. The first-order valence-corrected chi connectivity index (χ1v) is 7.62. The van der Waals surface area contributed by atoms with E-state index in [1.54, 1.807) is 12.1 Å². The molecular formula is C15H11N5O2S. The van der Waals surface area contributed by atoms with Gasteiger partial charge in [0.2, 0.25) is 17.3 Å². The largest absolute Gasteiger partial charge is 0.546 e. The lowest BCUT2D eigenvalue weighted by Gasteiger charge is -2.08. The van der Waals surface area contributed by atoms with Crippen molar-refractivity contribution >= 4 is 39.8 Å². The number of phenolic OH excluding ortho intramolecular Hbond substituents is 1. The predicted molar refractivity (Wildman–Crippen MR) is 88.1 cm³/mol. The summed E-state index contributed by atoms with van der Waals surface area (Å²) in [5, 5.41) is 15.9. The zero-order valence-electron chi connectivity index (χ0n) is 11.7. The van der Waals surface area contributed by atoms with E-state index in [-0.39, 0.29) is 17.3 Å². The van der Waals surface area contributed by atoms with Crippen LogP contribution >= 0.6 is 11.1 Å². The molecular weight excluding hydrogens is 314 g/mol. The van der Waals surface area contributed by atoms with Crippen molar-refractivity contribution in [1.82, 2.24) is 8.75 Å². The summed E-state index contributed by atoms with van der Waals surface area (Å²) in [4.78, 5) is 3.22. The molecule has 1 heterocycles. The van der Waals surface area contributed by atoms with Gasteiger partial charge in [-0.25, -0.2) is 4.85 Å². The monoisotopic (exact) mass is 325 g/mol. The van der Waals surface area contributed by atoms with E-state index in [0.717, 1.165) is 5.69 Å². The van der Waals surface area contributed by atoms with Gasteiger partial charge in [-0.3, -0.25) is 0 Å². The van der Waals surface area contributed by atoms with Crippen LogP contribution in [-0.2, 0) is 0 Å². The third-order valence-corrected chi connectivity index (χ3v) is 3.67. The Hall–Kier alpha value is -3.15. The standard InChI is InChI=1S/C15H11N5O2S/c1-16-11-8-5-9-12(13(11)21)18-15-14(19-23(22)20-15)17-10-6-3-2-4-7-10/h2-9,21H,(H,17,19)(H,18,20). The Morgan fingerprint density at radius 3 is 2.39 bits per heavy atom. The summed E-state index contributed by atoms with van der Waals surface area (Å²) >= 11 is -1.74. The van der Waals surface area contributed by atoms with E-state index in [4.69, 9.17) is 6.57 Å². The molecule has 114 valence electrons. The summed E-state index contributed by atoms with van der Waals surface area (Å²) in [6.07, 6.45) is 0. The van der Waals surface area contributed by atoms with Gasteiger partial charge < -0.3 is 20.3 Å². The maximum atomic E-state index is 11.6. The number of aromatic nitrogens is 2. The fourth-order valence-corrected chi connectivity index (χ4v) is 2.55. The summed E-state index contributed by atoms with van der Waals surface area (Å²) < 4.78 is 19.4. The number of hydrogen-bond donors (Lipinski definition) is 3. The molecule has 0 saturated heterocycles. The van der Waals surface area contributed by atoms with Gasteiger partial charge in [0, 0.05) is 14.4 Å². The summed E-state index contributed by atoms with van der Waals surface area (Å²) in [6, 6.07) is 14.0. The van der Waals surface area contributed by atoms with E-state index in [0.29, 0.717) is 11.5 Å². The van der Waals surface area contributed by atoms with Gasteiger partial charge in [0.1, 0.15) is 5.75 Å². The van der Waals surface area contributed by atoms with E-state index in [1.807, 2.05) is 30.3 Å². The second-order valence-corrected chi connectivity index (χ2v) is 5.34. The topological polar surface area (TPSA) is 97.5 Å². The number of nitrogens with zero attached hydrogens (tertiary/aromatic N) is 3. The summed E-state index contributed by atoms with van der Waals surface area (Å²) in [7, 11) is 0. The van der Waals surface area contributed by atoms with Gasteiger partial charge in [0.15, 0.2) is 11.1 Å². The molecule has 0 spiro atoms. The van der Waals surface area contributed by atoms with Crippen molar-refractivity contribution in [2.24, 2.45) is 0 Å². The Balaban J connectivity index is 1.91. The van der Waals surface area contributed by atoms with Crippen LogP contribution in [0.5, 0.6) is 5.75 Å². The van der Waals surface area contributed by atoms with Gasteiger partial charge in [0.25, 0.3) is 0 Å². The van der Waals surface area contributed by atoms with Crippen molar-refractivity contribution in [3.63, 3.8) is 0 Å². The van der Waals surface area contributed by atoms with E-state index in [2.05, 4.69) is 24.2 Å². The number of anilines is 4. The highest BCUT2D eigenvalue weighted by molar-refractivity contribution is 7.14. The zero-order valence-corrected chi connectivity index (χ0v) is 12.5. The minimum atomic E-state index is -1.74. The Morgan fingerprint density at radius 2 is 1.70 bits per heavy atom. The lowest BCUT2D eigenvalue weighted by atomic mass is 10.2. The average Bonchev–Trinajstić information content (AvgIpc) is 2.90. The molecule has 8 heteroatoms. The van der Waals surface area contributed by atoms with Gasteiger partial charge in [-0.2, -0.15) is 0 Å². The maximum absolute atomic E-state index is 11.6. The lowest BCUT2D eigenvalue weighted by Crippen LogP contribution is -1.97. The first-order chi connectivity index (χ1) is 11.2. The second-order valence-electron chi connectivity index (χ2n) is 4.51. The Labute approximate surface area is 135 Å². The van der Waals surface area contributed by atoms with Crippen molar-refractivity contribution in [1.29, 1.82) is 0 Å². The minimum absolute atomic E-state index is 0.115. The number of phenols is 1. The maximum Gasteiger partial charge on any atom is 0.237 e. The molecule has 7 nitrogen and oxygen atoms in total. The Morgan fingerprint density at radius 1 is 1.00 bits per heavy atom. The molecule has 0 bridgehead atoms. The molecule has 2 aromatic carbocycles. The number of aromatic hydroxyl groups is 1. The van der Waals surface area contributed by atoms with Gasteiger partial charge in [0.05, 0.1) is 12.3 Å². The molecule has 23 heavy (non-hydrogen) atoms. The van der Waals surface area contributed by atoms with Crippen molar-refractivity contribution in [3.05, 3.63) is 59.9 Å². The van der Waals surface area contributed by atoms with Crippen LogP contribution in [-0.4, -0.2) is 18.4 Å². The van der Waals surface area contributed by atoms with Crippen molar-refractivity contribution < 1.29 is 9.66 Å². The predicted octanol–water partition coefficient (Wildman–Crippen LogP) is 3.95. The van der Waals surface area contributed by atoms with Crippen LogP contribution in [0.4, 0.5) is 28.7 Å². The van der Waals surface area contributed by atoms with Crippen LogP contribution in [0.25, 0.3) is 4.85 Å². The van der Waals surface area contributed by atoms with Crippen molar-refractivity contribution in [2.45, 2.75) is 0 Å². The molecule has 0 aliphatic heterocycles. The SMILES string of the molecule is [C-]#[N+]c1cccc(Nc2n[s+]([O-])nc2Nc2ccccc2)c1O. The number of nitrogens with one attached hydrogen (secondary N) is 2. The Kier molecular flexibility index (Phi) is 4.05. The van der Waals surface area contributed by atoms with Crippen LogP contribution < -0.4 is 10.6 Å². The van der Waals surface area contributed by atoms with Gasteiger partial charge in [-0.15, -0.1) is 0 Å². The molecule has 0 fully saturated rings. The van der Waals surface area contributed by atoms with Gasteiger partial charge in [-0.05, 0) is 18.2 Å². The van der Waals surface area contributed by atoms with E-state index in [9.17, 15) is 9.66 Å². The molecule has 0 aliphatic rings. The summed E-state index contributed by atoms with van der Waals surface area (Å²) in [5.41, 5.74) is 1.17. The van der Waals surface area contributed by atoms with Gasteiger partial charge >= 0.3 is 0 Å². The molecule has 1 unspecified atom stereocenters. The summed E-state index contributed by atoms with van der Waals surface area (Å²) in [5.74, 6) is 0.328. The van der Waals surface area contributed by atoms with E-state index in [1.165, 1.54) is 6.07 Å². The molecule has 3 aromatic rings. The highest BCUT2D eigenvalue weighted by Crippen LogP contribution is 2.37. The normalized spacial score (nSPS) is 10.9. The smallest absolute Gasteiger partial charge is 0.237 e. The molecule has 3 N–H and O–H groups in total. The highest BCUT2D eigenvalue weighted by atomic mass is 32.2. The summed E-state index contributed by atoms with van der Waals surface area (Å²) in [6.45, 7) is 7.01. The molecule has 3 rings (SSSR count). The minimum Gasteiger partial charge on any atom is -0.546 e. The zero-order chi connectivity index (χ0) is 16.2. The van der Waals surface area contributed by atoms with Crippen LogP contribution in [0, 0.1) is 6.57 Å². The van der Waals surface area contributed by atoms with Gasteiger partial charge in [-0.1, -0.05) is 30.3 Å².